The minimum Gasteiger partial charge on any atom is -0.508 e. The first kappa shape index (κ1) is 22.5. The van der Waals surface area contributed by atoms with E-state index in [1.807, 2.05) is 46.8 Å². The Labute approximate surface area is 198 Å². The van der Waals surface area contributed by atoms with Crippen molar-refractivity contribution in [3.63, 3.8) is 0 Å². The number of rotatable bonds is 7. The van der Waals surface area contributed by atoms with Gasteiger partial charge in [0.25, 0.3) is 5.56 Å². The molecule has 1 N–H and O–H groups in total. The molecule has 0 aliphatic heterocycles. The third-order valence-electron chi connectivity index (χ3n) is 6.14. The normalized spacial score (nSPS) is 12.8. The van der Waals surface area contributed by atoms with E-state index in [1.165, 1.54) is 4.68 Å². The molecule has 5 aromatic rings. The highest BCUT2D eigenvalue weighted by Crippen LogP contribution is 2.33. The summed E-state index contributed by atoms with van der Waals surface area (Å²) in [5.41, 5.74) is 3.12. The van der Waals surface area contributed by atoms with Crippen molar-refractivity contribution >= 4 is 42.7 Å². The summed E-state index contributed by atoms with van der Waals surface area (Å²) in [5, 5.41) is 21.5. The first-order chi connectivity index (χ1) is 16.2. The predicted octanol–water partition coefficient (Wildman–Crippen LogP) is 3.66. The van der Waals surface area contributed by atoms with Gasteiger partial charge in [0.15, 0.2) is 0 Å². The highest BCUT2D eigenvalue weighted by molar-refractivity contribution is 8.32. The van der Waals surface area contributed by atoms with Crippen LogP contribution >= 0.6 is 10.0 Å². The number of hydrogen-bond donors (Lipinski definition) is 1. The Hall–Kier alpha value is -3.30. The number of aryl methyl sites for hydroxylation is 1. The van der Waals surface area contributed by atoms with Crippen LogP contribution in [0.1, 0.15) is 5.56 Å². The second kappa shape index (κ2) is 8.48. The lowest BCUT2D eigenvalue weighted by Crippen LogP contribution is -2.24. The van der Waals surface area contributed by atoms with Crippen molar-refractivity contribution in [3.8, 4) is 5.75 Å². The van der Waals surface area contributed by atoms with Crippen molar-refractivity contribution in [3.05, 3.63) is 64.7 Å². The van der Waals surface area contributed by atoms with Gasteiger partial charge in [-0.15, -0.1) is 0 Å². The molecule has 34 heavy (non-hydrogen) atoms. The first-order valence-electron chi connectivity index (χ1n) is 11.1. The van der Waals surface area contributed by atoms with Gasteiger partial charge < -0.3 is 14.4 Å². The monoisotopic (exact) mass is 479 g/mol. The van der Waals surface area contributed by atoms with E-state index in [1.54, 1.807) is 18.3 Å². The summed E-state index contributed by atoms with van der Waals surface area (Å²) >= 11 is 0. The summed E-state index contributed by atoms with van der Waals surface area (Å²) < 4.78 is 11.0. The Kier molecular flexibility index (Phi) is 5.61. The van der Waals surface area contributed by atoms with Gasteiger partial charge in [-0.25, -0.2) is 19.4 Å². The number of nitrogens with zero attached hydrogens (tertiary/aromatic N) is 5. The lowest BCUT2D eigenvalue weighted by Gasteiger charge is -2.24. The van der Waals surface area contributed by atoms with E-state index in [0.717, 1.165) is 38.5 Å². The van der Waals surface area contributed by atoms with Gasteiger partial charge in [-0.05, 0) is 42.5 Å². The van der Waals surface area contributed by atoms with Gasteiger partial charge in [-0.2, -0.15) is 10.2 Å². The van der Waals surface area contributed by atoms with Crippen molar-refractivity contribution in [2.24, 2.45) is 7.05 Å². The number of aromatic nitrogens is 5. The summed E-state index contributed by atoms with van der Waals surface area (Å²) in [4.78, 5) is 13.4. The van der Waals surface area contributed by atoms with E-state index in [0.29, 0.717) is 25.4 Å². The van der Waals surface area contributed by atoms with E-state index in [4.69, 9.17) is 4.74 Å². The Morgan fingerprint density at radius 2 is 1.74 bits per heavy atom. The van der Waals surface area contributed by atoms with Gasteiger partial charge in [0, 0.05) is 35.0 Å². The van der Waals surface area contributed by atoms with Crippen molar-refractivity contribution in [1.82, 2.24) is 24.1 Å². The Morgan fingerprint density at radius 3 is 2.53 bits per heavy atom. The summed E-state index contributed by atoms with van der Waals surface area (Å²) in [6, 6.07) is 11.1. The molecule has 2 aromatic carbocycles. The highest BCUT2D eigenvalue weighted by atomic mass is 32.3. The molecule has 0 aliphatic rings. The molecule has 0 fully saturated rings. The number of hydrogen-bond acceptors (Lipinski definition) is 5. The largest absolute Gasteiger partial charge is 0.508 e. The molecule has 178 valence electrons. The van der Waals surface area contributed by atoms with Crippen LogP contribution in [0.3, 0.4) is 0 Å². The van der Waals surface area contributed by atoms with Crippen LogP contribution in [0.15, 0.2) is 53.6 Å². The van der Waals surface area contributed by atoms with Crippen LogP contribution in [0.2, 0.25) is 0 Å². The van der Waals surface area contributed by atoms with Crippen molar-refractivity contribution in [2.75, 3.05) is 31.1 Å². The van der Waals surface area contributed by atoms with E-state index in [2.05, 4.69) is 29.0 Å². The molecule has 9 heteroatoms. The standard InChI is InChI=1S/C25H29N5O3S/c1-28-23-12-18(31)8-9-19(23)21-14-26-29(25(32)24(21)28)15-17-6-5-7-22-20(17)13-27-30(22)16-33-10-11-34(2,3)4/h5-9,12-14,31H,10-11,15-16H2,1-4H3. The predicted molar refractivity (Wildman–Crippen MR) is 139 cm³/mol. The second-order valence-electron chi connectivity index (χ2n) is 9.46. The van der Waals surface area contributed by atoms with Crippen LogP contribution in [-0.4, -0.2) is 60.4 Å². The molecule has 0 saturated carbocycles. The van der Waals surface area contributed by atoms with Gasteiger partial charge >= 0.3 is 0 Å². The minimum absolute atomic E-state index is 0.166. The van der Waals surface area contributed by atoms with Gasteiger partial charge in [0.05, 0.1) is 36.6 Å². The van der Waals surface area contributed by atoms with Gasteiger partial charge in [0.2, 0.25) is 0 Å². The number of fused-ring (bicyclic) bond motifs is 4. The van der Waals surface area contributed by atoms with Crippen LogP contribution in [0.25, 0.3) is 32.7 Å². The molecule has 0 amide bonds. The smallest absolute Gasteiger partial charge is 0.291 e. The molecule has 0 atom stereocenters. The van der Waals surface area contributed by atoms with Crippen molar-refractivity contribution < 1.29 is 9.84 Å². The fourth-order valence-corrected chi connectivity index (χ4v) is 4.90. The summed E-state index contributed by atoms with van der Waals surface area (Å²) in [7, 11) is 1.24. The molecule has 3 aromatic heterocycles. The van der Waals surface area contributed by atoms with Crippen LogP contribution in [-0.2, 0) is 25.1 Å². The number of aromatic hydroxyl groups is 1. The van der Waals surface area contributed by atoms with Crippen molar-refractivity contribution in [2.45, 2.75) is 13.3 Å². The maximum Gasteiger partial charge on any atom is 0.291 e. The van der Waals surface area contributed by atoms with E-state index < -0.39 is 10.0 Å². The number of benzene rings is 2. The topological polar surface area (TPSA) is 87.1 Å². The van der Waals surface area contributed by atoms with E-state index in [9.17, 15) is 9.90 Å². The third kappa shape index (κ3) is 4.05. The lowest BCUT2D eigenvalue weighted by atomic mass is 10.1. The third-order valence-corrected chi connectivity index (χ3v) is 7.53. The van der Waals surface area contributed by atoms with Gasteiger partial charge in [-0.1, -0.05) is 12.1 Å². The molecule has 8 nitrogen and oxygen atoms in total. The molecular formula is C25H29N5O3S. The number of phenols is 1. The van der Waals surface area contributed by atoms with E-state index in [-0.39, 0.29) is 11.3 Å². The maximum atomic E-state index is 13.4. The molecule has 0 bridgehead atoms. The van der Waals surface area contributed by atoms with Gasteiger partial charge in [0.1, 0.15) is 18.0 Å². The van der Waals surface area contributed by atoms with Crippen LogP contribution < -0.4 is 5.56 Å². The molecule has 5 rings (SSSR count). The van der Waals surface area contributed by atoms with Crippen LogP contribution in [0.4, 0.5) is 0 Å². The SMILES string of the molecule is Cn1c2cc(O)ccc2c2cnn(Cc3cccc4c3cnn4COCCS(C)(C)C)c(=O)c21. The average Bonchev–Trinajstić information content (AvgIpc) is 3.32. The van der Waals surface area contributed by atoms with E-state index >= 15 is 0 Å². The Bertz CT molecular complexity index is 1580. The molecule has 0 saturated heterocycles. The summed E-state index contributed by atoms with van der Waals surface area (Å²) in [6.45, 7) is 1.44. The Morgan fingerprint density at radius 1 is 0.971 bits per heavy atom. The zero-order valence-corrected chi connectivity index (χ0v) is 20.7. The zero-order valence-electron chi connectivity index (χ0n) is 19.9. The first-order valence-corrected chi connectivity index (χ1v) is 14.1. The maximum absolute atomic E-state index is 13.4. The summed E-state index contributed by atoms with van der Waals surface area (Å²) in [5.74, 6) is 1.22. The highest BCUT2D eigenvalue weighted by Gasteiger charge is 2.16. The number of ether oxygens (including phenoxy) is 1. The molecule has 0 aliphatic carbocycles. The zero-order chi connectivity index (χ0) is 24.0. The summed E-state index contributed by atoms with van der Waals surface area (Å²) in [6.07, 6.45) is 10.4. The quantitative estimate of drug-likeness (QED) is 0.360. The molecule has 0 spiro atoms. The van der Waals surface area contributed by atoms with Crippen LogP contribution in [0, 0.1) is 0 Å². The minimum atomic E-state index is -0.591. The lowest BCUT2D eigenvalue weighted by molar-refractivity contribution is 0.0841. The fraction of sp³-hybridized carbons (Fsp3) is 0.320. The molecule has 3 heterocycles. The van der Waals surface area contributed by atoms with Gasteiger partial charge in [-0.3, -0.25) is 4.79 Å². The molecule has 0 unspecified atom stereocenters. The average molecular weight is 480 g/mol. The number of phenolic OH excluding ortho intramolecular Hbond substituents is 1. The molecule has 0 radical (unpaired) electrons. The van der Waals surface area contributed by atoms with Crippen LogP contribution in [0.5, 0.6) is 5.75 Å². The second-order valence-corrected chi connectivity index (χ2v) is 14.0. The Balaban J connectivity index is 1.46. The van der Waals surface area contributed by atoms with Crippen molar-refractivity contribution in [1.29, 1.82) is 0 Å². The fourth-order valence-electron chi connectivity index (χ4n) is 4.28. The molecular weight excluding hydrogens is 450 g/mol.